The minimum atomic E-state index is -0.458. The van der Waals surface area contributed by atoms with Gasteiger partial charge in [0, 0.05) is 32.3 Å². The predicted molar refractivity (Wildman–Crippen MR) is 76.4 cm³/mol. The first kappa shape index (κ1) is 14.4. The van der Waals surface area contributed by atoms with E-state index >= 15 is 0 Å². The molecule has 2 N–H and O–H groups in total. The second kappa shape index (κ2) is 5.98. The van der Waals surface area contributed by atoms with Crippen LogP contribution in [-0.4, -0.2) is 44.6 Å². The number of methoxy groups -OCH3 is 1. The van der Waals surface area contributed by atoms with Crippen molar-refractivity contribution in [1.29, 1.82) is 0 Å². The summed E-state index contributed by atoms with van der Waals surface area (Å²) in [7, 11) is 3.16. The molecular weight excluding hydrogens is 261 g/mol. The third kappa shape index (κ3) is 2.95. The molecule has 0 spiro atoms. The van der Waals surface area contributed by atoms with E-state index in [-0.39, 0.29) is 18.1 Å². The summed E-state index contributed by atoms with van der Waals surface area (Å²) < 4.78 is 19.0. The number of nitrogens with two attached hydrogens (primary N) is 1. The van der Waals surface area contributed by atoms with E-state index < -0.39 is 5.82 Å². The molecule has 1 aromatic rings. The molecule has 1 aliphatic heterocycles. The molecule has 0 aliphatic carbocycles. The fraction of sp³-hybridized carbons (Fsp3) is 0.500. The van der Waals surface area contributed by atoms with Gasteiger partial charge in [-0.3, -0.25) is 4.79 Å². The fourth-order valence-corrected chi connectivity index (χ4v) is 2.38. The molecule has 0 bridgehead atoms. The highest BCUT2D eigenvalue weighted by molar-refractivity contribution is 5.82. The summed E-state index contributed by atoms with van der Waals surface area (Å²) in [6.07, 6.45) is 2.08. The van der Waals surface area contributed by atoms with E-state index in [4.69, 9.17) is 10.5 Å². The number of rotatable bonds is 4. The van der Waals surface area contributed by atoms with Crippen molar-refractivity contribution in [3.05, 3.63) is 17.9 Å². The second-order valence-corrected chi connectivity index (χ2v) is 4.99. The Balaban J connectivity index is 2.12. The van der Waals surface area contributed by atoms with Crippen molar-refractivity contribution in [2.45, 2.75) is 12.8 Å². The van der Waals surface area contributed by atoms with Gasteiger partial charge in [-0.2, -0.15) is 0 Å². The topological polar surface area (TPSA) is 58.8 Å². The zero-order valence-electron chi connectivity index (χ0n) is 11.9. The third-order valence-corrected chi connectivity index (χ3v) is 3.54. The standard InChI is InChI=1S/C14H20FN3O2/c1-17(9-14(19)18-5-3-4-6-18)12-8-13(20-2)11(16)7-10(12)15/h7-8H,3-6,9,16H2,1-2H3. The van der Waals surface area contributed by atoms with Crippen molar-refractivity contribution < 1.29 is 13.9 Å². The number of hydrogen-bond acceptors (Lipinski definition) is 4. The molecule has 1 heterocycles. The van der Waals surface area contributed by atoms with Crippen LogP contribution >= 0.6 is 0 Å². The molecular formula is C14H20FN3O2. The van der Waals surface area contributed by atoms with Crippen LogP contribution < -0.4 is 15.4 Å². The van der Waals surface area contributed by atoms with Gasteiger partial charge >= 0.3 is 0 Å². The van der Waals surface area contributed by atoms with E-state index in [1.807, 2.05) is 4.90 Å². The molecule has 1 amide bonds. The van der Waals surface area contributed by atoms with Crippen LogP contribution in [0.3, 0.4) is 0 Å². The molecule has 20 heavy (non-hydrogen) atoms. The highest BCUT2D eigenvalue weighted by atomic mass is 19.1. The maximum Gasteiger partial charge on any atom is 0.242 e. The van der Waals surface area contributed by atoms with Crippen molar-refractivity contribution in [3.8, 4) is 5.75 Å². The Bertz CT molecular complexity index is 501. The normalized spacial score (nSPS) is 14.4. The average Bonchev–Trinajstić information content (AvgIpc) is 2.92. The Morgan fingerprint density at radius 1 is 1.45 bits per heavy atom. The zero-order chi connectivity index (χ0) is 14.7. The second-order valence-electron chi connectivity index (χ2n) is 4.99. The SMILES string of the molecule is COc1cc(N(C)CC(=O)N2CCCC2)c(F)cc1N. The average molecular weight is 281 g/mol. The molecule has 2 rings (SSSR count). The summed E-state index contributed by atoms with van der Waals surface area (Å²) in [5, 5.41) is 0. The van der Waals surface area contributed by atoms with Crippen LogP contribution in [0, 0.1) is 5.82 Å². The predicted octanol–water partition coefficient (Wildman–Crippen LogP) is 1.48. The molecule has 5 nitrogen and oxygen atoms in total. The molecule has 0 atom stereocenters. The molecule has 110 valence electrons. The quantitative estimate of drug-likeness (QED) is 0.849. The largest absolute Gasteiger partial charge is 0.495 e. The number of halogens is 1. The van der Waals surface area contributed by atoms with Crippen LogP contribution in [0.1, 0.15) is 12.8 Å². The monoisotopic (exact) mass is 281 g/mol. The third-order valence-electron chi connectivity index (χ3n) is 3.54. The van der Waals surface area contributed by atoms with Gasteiger partial charge in [0.15, 0.2) is 0 Å². The van der Waals surface area contributed by atoms with Crippen LogP contribution in [0.2, 0.25) is 0 Å². The van der Waals surface area contributed by atoms with Gasteiger partial charge in [0.25, 0.3) is 0 Å². The number of carbonyl (C=O) groups is 1. The van der Waals surface area contributed by atoms with Gasteiger partial charge in [-0.25, -0.2) is 4.39 Å². The van der Waals surface area contributed by atoms with E-state index in [1.165, 1.54) is 19.2 Å². The molecule has 1 saturated heterocycles. The number of carbonyl (C=O) groups excluding carboxylic acids is 1. The lowest BCUT2D eigenvalue weighted by atomic mass is 10.2. The minimum absolute atomic E-state index is 0.0141. The van der Waals surface area contributed by atoms with Crippen LogP contribution in [0.25, 0.3) is 0 Å². The first-order valence-corrected chi connectivity index (χ1v) is 6.65. The fourth-order valence-electron chi connectivity index (χ4n) is 2.38. The summed E-state index contributed by atoms with van der Waals surface area (Å²) in [6.45, 7) is 1.73. The van der Waals surface area contributed by atoms with Gasteiger partial charge in [0.05, 0.1) is 25.0 Å². The Morgan fingerprint density at radius 2 is 2.10 bits per heavy atom. The maximum atomic E-state index is 13.9. The van der Waals surface area contributed by atoms with Crippen LogP contribution in [-0.2, 0) is 4.79 Å². The zero-order valence-corrected chi connectivity index (χ0v) is 11.9. The molecule has 0 unspecified atom stereocenters. The maximum absolute atomic E-state index is 13.9. The number of amides is 1. The minimum Gasteiger partial charge on any atom is -0.495 e. The Kier molecular flexibility index (Phi) is 4.32. The lowest BCUT2D eigenvalue weighted by molar-refractivity contribution is -0.128. The summed E-state index contributed by atoms with van der Waals surface area (Å²) in [5.41, 5.74) is 6.20. The van der Waals surface area contributed by atoms with Crippen LogP contribution in [0.15, 0.2) is 12.1 Å². The summed E-state index contributed by atoms with van der Waals surface area (Å²) >= 11 is 0. The van der Waals surface area contributed by atoms with E-state index in [0.29, 0.717) is 11.4 Å². The van der Waals surface area contributed by atoms with E-state index in [9.17, 15) is 9.18 Å². The van der Waals surface area contributed by atoms with Gasteiger partial charge in [0.2, 0.25) is 5.91 Å². The summed E-state index contributed by atoms with van der Waals surface area (Å²) in [4.78, 5) is 15.5. The van der Waals surface area contributed by atoms with E-state index in [0.717, 1.165) is 25.9 Å². The Labute approximate surface area is 118 Å². The van der Waals surface area contributed by atoms with Gasteiger partial charge in [-0.1, -0.05) is 0 Å². The summed E-state index contributed by atoms with van der Waals surface area (Å²) in [5.74, 6) is -0.0397. The van der Waals surface area contributed by atoms with Gasteiger partial charge in [-0.05, 0) is 12.8 Å². The summed E-state index contributed by atoms with van der Waals surface area (Å²) in [6, 6.07) is 2.73. The van der Waals surface area contributed by atoms with E-state index in [2.05, 4.69) is 0 Å². The molecule has 1 fully saturated rings. The highest BCUT2D eigenvalue weighted by Gasteiger charge is 2.21. The number of nitrogen functional groups attached to an aromatic ring is 1. The van der Waals surface area contributed by atoms with Crippen LogP contribution in [0.5, 0.6) is 5.75 Å². The number of nitrogens with zero attached hydrogens (tertiary/aromatic N) is 2. The molecule has 0 aromatic heterocycles. The van der Waals surface area contributed by atoms with Gasteiger partial charge in [-0.15, -0.1) is 0 Å². The molecule has 6 heteroatoms. The lowest BCUT2D eigenvalue weighted by Crippen LogP contribution is -2.37. The van der Waals surface area contributed by atoms with E-state index in [1.54, 1.807) is 11.9 Å². The van der Waals surface area contributed by atoms with Crippen LogP contribution in [0.4, 0.5) is 15.8 Å². The number of hydrogen-bond donors (Lipinski definition) is 1. The Morgan fingerprint density at radius 3 is 2.70 bits per heavy atom. The highest BCUT2D eigenvalue weighted by Crippen LogP contribution is 2.30. The number of likely N-dealkylation sites (N-methyl/N-ethyl adjacent to an activating group) is 1. The molecule has 0 radical (unpaired) electrons. The first-order chi connectivity index (χ1) is 9.52. The number of benzene rings is 1. The Hall–Kier alpha value is -1.98. The van der Waals surface area contributed by atoms with Crippen molar-refractivity contribution >= 4 is 17.3 Å². The molecule has 0 saturated carbocycles. The molecule has 1 aromatic carbocycles. The van der Waals surface area contributed by atoms with Gasteiger partial charge in [0.1, 0.15) is 11.6 Å². The van der Waals surface area contributed by atoms with Crippen molar-refractivity contribution in [2.24, 2.45) is 0 Å². The van der Waals surface area contributed by atoms with Crippen molar-refractivity contribution in [2.75, 3.05) is 44.4 Å². The smallest absolute Gasteiger partial charge is 0.242 e. The van der Waals surface area contributed by atoms with Gasteiger partial charge < -0.3 is 20.3 Å². The number of likely N-dealkylation sites (tertiary alicyclic amines) is 1. The first-order valence-electron chi connectivity index (χ1n) is 6.65. The van der Waals surface area contributed by atoms with Crippen molar-refractivity contribution in [1.82, 2.24) is 4.90 Å². The molecule has 1 aliphatic rings. The number of ether oxygens (including phenoxy) is 1. The number of anilines is 2. The van der Waals surface area contributed by atoms with Crippen molar-refractivity contribution in [3.63, 3.8) is 0 Å². The lowest BCUT2D eigenvalue weighted by Gasteiger charge is -2.23.